The Morgan fingerprint density at radius 2 is 2.00 bits per heavy atom. The summed E-state index contributed by atoms with van der Waals surface area (Å²) in [6.07, 6.45) is 3.36. The summed E-state index contributed by atoms with van der Waals surface area (Å²) in [6.45, 7) is 7.10. The van der Waals surface area contributed by atoms with Crippen molar-refractivity contribution in [3.05, 3.63) is 99.8 Å². The number of hydrazine groups is 1. The van der Waals surface area contributed by atoms with E-state index >= 15 is 0 Å². The molecule has 46 heavy (non-hydrogen) atoms. The molecule has 12 heteroatoms. The minimum Gasteiger partial charge on any atom is -0.444 e. The lowest BCUT2D eigenvalue weighted by atomic mass is 9.88. The quantitative estimate of drug-likeness (QED) is 0.112. The maximum atomic E-state index is 14.9. The number of fused-ring (bicyclic) bond motifs is 2. The van der Waals surface area contributed by atoms with Crippen LogP contribution in [0.3, 0.4) is 0 Å². The fraction of sp³-hybridized carbons (Fsp3) is 0.382. The van der Waals surface area contributed by atoms with Crippen molar-refractivity contribution in [1.82, 2.24) is 19.5 Å². The summed E-state index contributed by atoms with van der Waals surface area (Å²) in [7, 11) is 0. The molecule has 0 amide bonds. The van der Waals surface area contributed by atoms with Gasteiger partial charge in [-0.25, -0.2) is 15.2 Å². The van der Waals surface area contributed by atoms with Crippen molar-refractivity contribution in [3.8, 4) is 11.5 Å². The Balaban J connectivity index is 1.20. The molecule has 5 N–H and O–H groups in total. The second kappa shape index (κ2) is 13.5. The molecule has 4 aromatic rings. The summed E-state index contributed by atoms with van der Waals surface area (Å²) in [6, 6.07) is 16.4. The van der Waals surface area contributed by atoms with Crippen LogP contribution in [0.1, 0.15) is 55.1 Å². The van der Waals surface area contributed by atoms with Gasteiger partial charge in [0.2, 0.25) is 0 Å². The molecule has 2 aliphatic rings. The number of allylic oxidation sites excluding steroid dienone is 1. The summed E-state index contributed by atoms with van der Waals surface area (Å²) in [5.41, 5.74) is 10.9. The predicted octanol–water partition coefficient (Wildman–Crippen LogP) is 5.31. The normalized spacial score (nSPS) is 18.9. The van der Waals surface area contributed by atoms with Gasteiger partial charge in [-0.15, -0.1) is 0 Å². The van der Waals surface area contributed by atoms with Crippen LogP contribution in [-0.2, 0) is 30.2 Å². The molecule has 1 atom stereocenters. The summed E-state index contributed by atoms with van der Waals surface area (Å²) in [5, 5.41) is 11.1. The molecule has 1 saturated heterocycles. The highest BCUT2D eigenvalue weighted by Gasteiger charge is 2.43. The van der Waals surface area contributed by atoms with Crippen molar-refractivity contribution in [2.24, 2.45) is 11.6 Å². The van der Waals surface area contributed by atoms with Gasteiger partial charge in [-0.2, -0.15) is 0 Å². The van der Waals surface area contributed by atoms with Crippen molar-refractivity contribution < 1.29 is 23.7 Å². The molecule has 0 bridgehead atoms. The van der Waals surface area contributed by atoms with Crippen LogP contribution in [-0.4, -0.2) is 51.0 Å². The van der Waals surface area contributed by atoms with Crippen molar-refractivity contribution in [1.29, 1.82) is 0 Å². The van der Waals surface area contributed by atoms with Crippen molar-refractivity contribution >= 4 is 22.6 Å². The van der Waals surface area contributed by atoms with E-state index in [0.29, 0.717) is 48.3 Å². The Morgan fingerprint density at radius 3 is 2.72 bits per heavy atom. The SMILES string of the molecule is CCN(N)/C(=C\N)Cn1c(CN2CCC(c3cccc4c3OC(C)(c3ccc(Cl)cc3F)O4)CC2)nc2ccc(COCO)cc21. The fourth-order valence-electron chi connectivity index (χ4n) is 6.41. The zero-order chi connectivity index (χ0) is 32.4. The highest BCUT2D eigenvalue weighted by Crippen LogP contribution is 2.49. The topological polar surface area (TPSA) is 124 Å². The average molecular weight is 651 g/mol. The number of likely N-dealkylation sites (tertiary alicyclic amines) is 1. The second-order valence-corrected chi connectivity index (χ2v) is 12.3. The minimum atomic E-state index is -1.29. The standard InChI is InChI=1S/C34H40ClFN6O4/c1-3-42(38)25(17-37)18-41-30-15-22(20-44-21-43)7-10-29(30)39-32(41)19-40-13-11-23(12-14-40)26-5-4-6-31-33(26)46-34(2,45-31)27-9-8-24(35)16-28(27)36/h4-10,15-17,23,43H,3,11-14,18-21,37-38H2,1-2H3/b25-17-. The van der Waals surface area contributed by atoms with Crippen LogP contribution < -0.4 is 21.1 Å². The number of imidazole rings is 1. The first-order valence-electron chi connectivity index (χ1n) is 15.5. The van der Waals surface area contributed by atoms with Gasteiger partial charge in [-0.3, -0.25) is 4.90 Å². The Bertz CT molecular complexity index is 1740. The molecule has 1 aromatic heterocycles. The minimum absolute atomic E-state index is 0.252. The smallest absolute Gasteiger partial charge is 0.278 e. The highest BCUT2D eigenvalue weighted by molar-refractivity contribution is 6.30. The summed E-state index contributed by atoms with van der Waals surface area (Å²) in [5.74, 6) is 6.93. The molecule has 1 fully saturated rings. The van der Waals surface area contributed by atoms with Crippen LogP contribution in [0.25, 0.3) is 11.0 Å². The predicted molar refractivity (Wildman–Crippen MR) is 174 cm³/mol. The molecule has 244 valence electrons. The second-order valence-electron chi connectivity index (χ2n) is 11.9. The van der Waals surface area contributed by atoms with Gasteiger partial charge in [0.1, 0.15) is 18.4 Å². The van der Waals surface area contributed by atoms with Crippen molar-refractivity contribution in [2.75, 3.05) is 26.4 Å². The molecule has 0 spiro atoms. The number of halogens is 2. The van der Waals surface area contributed by atoms with Crippen LogP contribution in [0.15, 0.2) is 66.5 Å². The van der Waals surface area contributed by atoms with E-state index in [1.807, 2.05) is 37.3 Å². The fourth-order valence-corrected chi connectivity index (χ4v) is 6.57. The van der Waals surface area contributed by atoms with Gasteiger partial charge in [-0.1, -0.05) is 29.8 Å². The molecule has 0 aliphatic carbocycles. The first-order chi connectivity index (χ1) is 22.2. The molecule has 2 aliphatic heterocycles. The molecule has 10 nitrogen and oxygen atoms in total. The van der Waals surface area contributed by atoms with E-state index in [4.69, 9.17) is 47.5 Å². The lowest BCUT2D eigenvalue weighted by Gasteiger charge is -2.32. The molecule has 3 aromatic carbocycles. The Morgan fingerprint density at radius 1 is 1.20 bits per heavy atom. The largest absolute Gasteiger partial charge is 0.444 e. The van der Waals surface area contributed by atoms with Crippen LogP contribution in [0, 0.1) is 5.82 Å². The van der Waals surface area contributed by atoms with Gasteiger partial charge >= 0.3 is 0 Å². The molecule has 6 rings (SSSR count). The first-order valence-corrected chi connectivity index (χ1v) is 15.9. The van der Waals surface area contributed by atoms with E-state index in [9.17, 15) is 4.39 Å². The third-order valence-corrected chi connectivity index (χ3v) is 9.13. The van der Waals surface area contributed by atoms with Crippen LogP contribution >= 0.6 is 11.6 Å². The monoisotopic (exact) mass is 650 g/mol. The highest BCUT2D eigenvalue weighted by atomic mass is 35.5. The van der Waals surface area contributed by atoms with E-state index in [1.54, 1.807) is 30.3 Å². The number of aliphatic hydroxyl groups is 1. The number of nitrogens with zero attached hydrogens (tertiary/aromatic N) is 4. The number of aromatic nitrogens is 2. The number of piperidine rings is 1. The summed E-state index contributed by atoms with van der Waals surface area (Å²) < 4.78 is 34.8. The van der Waals surface area contributed by atoms with E-state index in [1.165, 1.54) is 6.07 Å². The number of rotatable bonds is 11. The van der Waals surface area contributed by atoms with Gasteiger partial charge in [0, 0.05) is 30.3 Å². The van der Waals surface area contributed by atoms with Crippen molar-refractivity contribution in [2.45, 2.75) is 58.1 Å². The van der Waals surface area contributed by atoms with Gasteiger partial charge in [0.15, 0.2) is 11.5 Å². The van der Waals surface area contributed by atoms with E-state index in [2.05, 4.69) is 15.5 Å². The van der Waals surface area contributed by atoms with Gasteiger partial charge < -0.3 is 34.6 Å². The third-order valence-electron chi connectivity index (χ3n) is 8.90. The molecule has 3 heterocycles. The van der Waals surface area contributed by atoms with Gasteiger partial charge in [0.05, 0.1) is 42.0 Å². The molecule has 0 radical (unpaired) electrons. The van der Waals surface area contributed by atoms with Crippen molar-refractivity contribution in [3.63, 3.8) is 0 Å². The van der Waals surface area contributed by atoms with E-state index < -0.39 is 11.6 Å². The molecular weight excluding hydrogens is 611 g/mol. The Hall–Kier alpha value is -3.87. The average Bonchev–Trinajstić information content (AvgIpc) is 3.58. The number of benzene rings is 3. The molecule has 0 saturated carbocycles. The Kier molecular flexibility index (Phi) is 9.39. The third kappa shape index (κ3) is 6.38. The zero-order valence-corrected chi connectivity index (χ0v) is 26.8. The number of likely N-dealkylation sites (N-methyl/N-ethyl adjacent to an activating group) is 1. The lowest BCUT2D eigenvalue weighted by Crippen LogP contribution is -2.35. The Labute approximate surface area is 272 Å². The number of aliphatic hydroxyl groups excluding tert-OH is 1. The first kappa shape index (κ1) is 32.1. The molecule has 1 unspecified atom stereocenters. The number of para-hydroxylation sites is 1. The number of ether oxygens (including phenoxy) is 3. The van der Waals surface area contributed by atoms with Gasteiger partial charge in [-0.05, 0) is 80.7 Å². The summed E-state index contributed by atoms with van der Waals surface area (Å²) >= 11 is 5.99. The number of hydrogen-bond acceptors (Lipinski definition) is 9. The number of nitrogens with two attached hydrogens (primary N) is 2. The zero-order valence-electron chi connectivity index (χ0n) is 26.1. The van der Waals surface area contributed by atoms with Crippen LogP contribution in [0.2, 0.25) is 5.02 Å². The lowest BCUT2D eigenvalue weighted by molar-refractivity contribution is -0.0712. The number of hydrogen-bond donors (Lipinski definition) is 3. The van der Waals surface area contributed by atoms with Gasteiger partial charge in [0.25, 0.3) is 5.79 Å². The van der Waals surface area contributed by atoms with E-state index in [0.717, 1.165) is 59.6 Å². The van der Waals surface area contributed by atoms with E-state index in [-0.39, 0.29) is 12.7 Å². The maximum absolute atomic E-state index is 14.9. The molecular formula is C34H40ClFN6O4. The maximum Gasteiger partial charge on any atom is 0.278 e. The van der Waals surface area contributed by atoms with Crippen LogP contribution in [0.5, 0.6) is 11.5 Å². The van der Waals surface area contributed by atoms with Crippen LogP contribution in [0.4, 0.5) is 4.39 Å². The summed E-state index contributed by atoms with van der Waals surface area (Å²) in [4.78, 5) is 7.42.